The summed E-state index contributed by atoms with van der Waals surface area (Å²) in [6.07, 6.45) is 0. The van der Waals surface area contributed by atoms with Crippen molar-refractivity contribution in [2.45, 2.75) is 13.8 Å². The SMILES string of the molecule is Cc1cc2cc3cc(O)c4ccccc4c3cc2cc1C. The standard InChI is InChI=1S/C20H16O/c1-12-7-14-9-16-11-20(21)18-6-4-3-5-17(18)19(16)10-15(14)8-13(12)2/h3-11,21H,1-2H3. The van der Waals surface area contributed by atoms with Gasteiger partial charge >= 0.3 is 0 Å². The lowest BCUT2D eigenvalue weighted by atomic mass is 9.95. The van der Waals surface area contributed by atoms with Crippen LogP contribution >= 0.6 is 0 Å². The number of benzene rings is 4. The molecule has 0 heterocycles. The summed E-state index contributed by atoms with van der Waals surface area (Å²) in [4.78, 5) is 0. The molecule has 0 amide bonds. The summed E-state index contributed by atoms with van der Waals surface area (Å²) in [5.74, 6) is 0.348. The second kappa shape index (κ2) is 4.23. The summed E-state index contributed by atoms with van der Waals surface area (Å²) in [6.45, 7) is 4.28. The van der Waals surface area contributed by atoms with E-state index in [0.717, 1.165) is 16.2 Å². The highest BCUT2D eigenvalue weighted by molar-refractivity contribution is 6.14. The van der Waals surface area contributed by atoms with Crippen LogP contribution in [0, 0.1) is 13.8 Å². The average molecular weight is 272 g/mol. The Balaban J connectivity index is 2.23. The summed E-state index contributed by atoms with van der Waals surface area (Å²) < 4.78 is 0. The highest BCUT2D eigenvalue weighted by Gasteiger charge is 2.07. The van der Waals surface area contributed by atoms with Crippen LogP contribution in [0.2, 0.25) is 0 Å². The summed E-state index contributed by atoms with van der Waals surface area (Å²) in [7, 11) is 0. The van der Waals surface area contributed by atoms with E-state index in [0.29, 0.717) is 5.75 Å². The Morgan fingerprint density at radius 1 is 0.619 bits per heavy atom. The molecule has 4 aromatic carbocycles. The van der Waals surface area contributed by atoms with Gasteiger partial charge in [-0.05, 0) is 70.1 Å². The van der Waals surface area contributed by atoms with Crippen molar-refractivity contribution >= 4 is 32.3 Å². The van der Waals surface area contributed by atoms with Crippen molar-refractivity contribution in [1.29, 1.82) is 0 Å². The Labute approximate surface area is 123 Å². The number of fused-ring (bicyclic) bond motifs is 4. The van der Waals surface area contributed by atoms with Crippen LogP contribution in [0.4, 0.5) is 0 Å². The molecule has 0 saturated carbocycles. The zero-order chi connectivity index (χ0) is 14.6. The Hall–Kier alpha value is -2.54. The fraction of sp³-hybridized carbons (Fsp3) is 0.100. The van der Waals surface area contributed by atoms with E-state index in [9.17, 15) is 5.11 Å². The quantitative estimate of drug-likeness (QED) is 0.332. The number of hydrogen-bond acceptors (Lipinski definition) is 1. The lowest BCUT2D eigenvalue weighted by molar-refractivity contribution is 0.482. The van der Waals surface area contributed by atoms with Gasteiger partial charge in [0.2, 0.25) is 0 Å². The molecule has 0 unspecified atom stereocenters. The number of aromatic hydroxyl groups is 1. The van der Waals surface area contributed by atoms with Crippen LogP contribution in [0.3, 0.4) is 0 Å². The summed E-state index contributed by atoms with van der Waals surface area (Å²) in [6, 6.07) is 18.8. The molecule has 21 heavy (non-hydrogen) atoms. The van der Waals surface area contributed by atoms with E-state index >= 15 is 0 Å². The van der Waals surface area contributed by atoms with E-state index in [4.69, 9.17) is 0 Å². The molecule has 0 saturated heterocycles. The van der Waals surface area contributed by atoms with E-state index < -0.39 is 0 Å². The van der Waals surface area contributed by atoms with Gasteiger partial charge in [-0.2, -0.15) is 0 Å². The van der Waals surface area contributed by atoms with E-state index in [2.05, 4.69) is 44.2 Å². The van der Waals surface area contributed by atoms with Gasteiger partial charge in [0.25, 0.3) is 0 Å². The van der Waals surface area contributed by atoms with Gasteiger partial charge in [-0.1, -0.05) is 36.4 Å². The minimum atomic E-state index is 0.348. The molecule has 1 N–H and O–H groups in total. The van der Waals surface area contributed by atoms with E-state index in [1.54, 1.807) is 0 Å². The van der Waals surface area contributed by atoms with Crippen LogP contribution in [0.15, 0.2) is 54.6 Å². The minimum absolute atomic E-state index is 0.348. The normalized spacial score (nSPS) is 11.5. The van der Waals surface area contributed by atoms with Crippen molar-refractivity contribution in [1.82, 2.24) is 0 Å². The number of hydrogen-bond donors (Lipinski definition) is 1. The number of phenols is 1. The highest BCUT2D eigenvalue weighted by Crippen LogP contribution is 2.35. The highest BCUT2D eigenvalue weighted by atomic mass is 16.3. The Kier molecular flexibility index (Phi) is 2.46. The third kappa shape index (κ3) is 1.78. The predicted molar refractivity (Wildman–Crippen MR) is 90.1 cm³/mol. The monoisotopic (exact) mass is 272 g/mol. The van der Waals surface area contributed by atoms with Crippen LogP contribution in [0.25, 0.3) is 32.3 Å². The summed E-state index contributed by atoms with van der Waals surface area (Å²) in [5.41, 5.74) is 2.61. The van der Waals surface area contributed by atoms with Crippen molar-refractivity contribution in [3.05, 3.63) is 65.7 Å². The predicted octanol–water partition coefficient (Wildman–Crippen LogP) is 5.47. The topological polar surface area (TPSA) is 20.2 Å². The van der Waals surface area contributed by atoms with Crippen LogP contribution < -0.4 is 0 Å². The first-order valence-corrected chi connectivity index (χ1v) is 7.19. The first-order chi connectivity index (χ1) is 10.1. The minimum Gasteiger partial charge on any atom is -0.507 e. The maximum atomic E-state index is 10.2. The fourth-order valence-electron chi connectivity index (χ4n) is 3.11. The van der Waals surface area contributed by atoms with E-state index in [-0.39, 0.29) is 0 Å². The van der Waals surface area contributed by atoms with Gasteiger partial charge in [0.15, 0.2) is 0 Å². The number of phenolic OH excluding ortho intramolecular Hbond substituents is 1. The fourth-order valence-corrected chi connectivity index (χ4v) is 3.11. The molecule has 0 bridgehead atoms. The molecule has 0 aliphatic rings. The van der Waals surface area contributed by atoms with Gasteiger partial charge in [-0.15, -0.1) is 0 Å². The number of rotatable bonds is 0. The third-order valence-corrected chi connectivity index (χ3v) is 4.41. The van der Waals surface area contributed by atoms with Crippen molar-refractivity contribution < 1.29 is 5.11 Å². The molecule has 0 aliphatic carbocycles. The lowest BCUT2D eigenvalue weighted by Crippen LogP contribution is -1.84. The van der Waals surface area contributed by atoms with E-state index in [1.165, 1.54) is 27.3 Å². The molecule has 1 nitrogen and oxygen atoms in total. The van der Waals surface area contributed by atoms with Crippen molar-refractivity contribution in [3.8, 4) is 5.75 Å². The molecule has 0 aromatic heterocycles. The van der Waals surface area contributed by atoms with Crippen LogP contribution in [0.5, 0.6) is 5.75 Å². The third-order valence-electron chi connectivity index (χ3n) is 4.41. The summed E-state index contributed by atoms with van der Waals surface area (Å²) in [5, 5.41) is 17.0. The molecular weight excluding hydrogens is 256 g/mol. The van der Waals surface area contributed by atoms with Gasteiger partial charge in [-0.25, -0.2) is 0 Å². The molecule has 102 valence electrons. The van der Waals surface area contributed by atoms with Crippen molar-refractivity contribution in [2.24, 2.45) is 0 Å². The second-order valence-electron chi connectivity index (χ2n) is 5.80. The van der Waals surface area contributed by atoms with Gasteiger partial charge in [0.1, 0.15) is 5.75 Å². The first-order valence-electron chi connectivity index (χ1n) is 7.19. The number of aryl methyl sites for hydroxylation is 2. The van der Waals surface area contributed by atoms with Gasteiger partial charge < -0.3 is 5.11 Å². The molecular formula is C20H16O. The zero-order valence-electron chi connectivity index (χ0n) is 12.1. The second-order valence-corrected chi connectivity index (χ2v) is 5.80. The molecule has 0 atom stereocenters. The first kappa shape index (κ1) is 12.2. The lowest BCUT2D eigenvalue weighted by Gasteiger charge is -2.10. The van der Waals surface area contributed by atoms with Crippen LogP contribution in [0.1, 0.15) is 11.1 Å². The summed E-state index contributed by atoms with van der Waals surface area (Å²) >= 11 is 0. The van der Waals surface area contributed by atoms with Gasteiger partial charge in [0, 0.05) is 5.39 Å². The Bertz CT molecular complexity index is 1010. The Morgan fingerprint density at radius 2 is 1.24 bits per heavy atom. The maximum absolute atomic E-state index is 10.2. The average Bonchev–Trinajstić information content (AvgIpc) is 2.48. The smallest absolute Gasteiger partial charge is 0.124 e. The van der Waals surface area contributed by atoms with E-state index in [1.807, 2.05) is 24.3 Å². The molecule has 4 rings (SSSR count). The largest absolute Gasteiger partial charge is 0.507 e. The molecule has 0 spiro atoms. The molecule has 0 radical (unpaired) electrons. The zero-order valence-corrected chi connectivity index (χ0v) is 12.1. The van der Waals surface area contributed by atoms with Crippen LogP contribution in [-0.2, 0) is 0 Å². The van der Waals surface area contributed by atoms with Gasteiger partial charge in [-0.3, -0.25) is 0 Å². The maximum Gasteiger partial charge on any atom is 0.124 e. The molecule has 0 aliphatic heterocycles. The molecule has 1 heteroatoms. The van der Waals surface area contributed by atoms with Crippen molar-refractivity contribution in [2.75, 3.05) is 0 Å². The van der Waals surface area contributed by atoms with Crippen molar-refractivity contribution in [3.63, 3.8) is 0 Å². The molecule has 4 aromatic rings. The van der Waals surface area contributed by atoms with Gasteiger partial charge in [0.05, 0.1) is 0 Å². The van der Waals surface area contributed by atoms with Crippen LogP contribution in [-0.4, -0.2) is 5.11 Å². The Morgan fingerprint density at radius 3 is 1.95 bits per heavy atom. The molecule has 0 fully saturated rings.